The molecule has 0 bridgehead atoms. The van der Waals surface area contributed by atoms with Crippen molar-refractivity contribution < 1.29 is 0 Å². The first kappa shape index (κ1) is 14.8. The van der Waals surface area contributed by atoms with Crippen molar-refractivity contribution in [1.29, 1.82) is 0 Å². The molecule has 0 amide bonds. The summed E-state index contributed by atoms with van der Waals surface area (Å²) in [7, 11) is 0. The molecule has 3 rings (SSSR count). The SMILES string of the molecule is CCCNC1CCC(N2CCC(N3CCCC3)C2)CC1. The van der Waals surface area contributed by atoms with Crippen molar-refractivity contribution in [3.8, 4) is 0 Å². The zero-order valence-corrected chi connectivity index (χ0v) is 13.3. The van der Waals surface area contributed by atoms with Crippen molar-refractivity contribution in [2.45, 2.75) is 76.4 Å². The van der Waals surface area contributed by atoms with Crippen molar-refractivity contribution in [3.05, 3.63) is 0 Å². The lowest BCUT2D eigenvalue weighted by Crippen LogP contribution is -2.43. The molecule has 1 N–H and O–H groups in total. The molecule has 1 aliphatic carbocycles. The van der Waals surface area contributed by atoms with Crippen LogP contribution in [0.4, 0.5) is 0 Å². The minimum absolute atomic E-state index is 0.809. The maximum atomic E-state index is 3.71. The Hall–Kier alpha value is -0.120. The molecule has 2 heterocycles. The maximum Gasteiger partial charge on any atom is 0.0235 e. The van der Waals surface area contributed by atoms with Crippen LogP contribution < -0.4 is 5.32 Å². The average molecular weight is 279 g/mol. The Morgan fingerprint density at radius 2 is 1.60 bits per heavy atom. The molecule has 2 aliphatic heterocycles. The molecule has 116 valence electrons. The predicted octanol–water partition coefficient (Wildman–Crippen LogP) is 2.47. The lowest BCUT2D eigenvalue weighted by atomic mass is 9.90. The highest BCUT2D eigenvalue weighted by atomic mass is 15.3. The third-order valence-electron chi connectivity index (χ3n) is 5.75. The number of hydrogen-bond donors (Lipinski definition) is 1. The van der Waals surface area contributed by atoms with Gasteiger partial charge in [0.15, 0.2) is 0 Å². The molecular formula is C17H33N3. The van der Waals surface area contributed by atoms with E-state index in [0.717, 1.165) is 18.1 Å². The molecule has 0 aromatic rings. The molecule has 0 radical (unpaired) electrons. The lowest BCUT2D eigenvalue weighted by Gasteiger charge is -2.35. The van der Waals surface area contributed by atoms with E-state index in [2.05, 4.69) is 22.0 Å². The maximum absolute atomic E-state index is 3.71. The summed E-state index contributed by atoms with van der Waals surface area (Å²) in [6, 6.07) is 2.58. The number of hydrogen-bond acceptors (Lipinski definition) is 3. The van der Waals surface area contributed by atoms with Gasteiger partial charge in [0.05, 0.1) is 0 Å². The first-order chi connectivity index (χ1) is 9.86. The quantitative estimate of drug-likeness (QED) is 0.834. The van der Waals surface area contributed by atoms with Crippen molar-refractivity contribution >= 4 is 0 Å². The van der Waals surface area contributed by atoms with Crippen LogP contribution in [-0.4, -0.2) is 60.6 Å². The largest absolute Gasteiger partial charge is 0.314 e. The van der Waals surface area contributed by atoms with Crippen molar-refractivity contribution in [2.75, 3.05) is 32.7 Å². The Bertz CT molecular complexity index is 280. The van der Waals surface area contributed by atoms with Gasteiger partial charge in [-0.05, 0) is 71.0 Å². The first-order valence-electron chi connectivity index (χ1n) is 9.08. The minimum atomic E-state index is 0.809. The summed E-state index contributed by atoms with van der Waals surface area (Å²) >= 11 is 0. The fourth-order valence-corrected chi connectivity index (χ4v) is 4.50. The lowest BCUT2D eigenvalue weighted by molar-refractivity contribution is 0.156. The highest BCUT2D eigenvalue weighted by molar-refractivity contribution is 4.91. The van der Waals surface area contributed by atoms with E-state index >= 15 is 0 Å². The number of rotatable bonds is 5. The molecule has 3 aliphatic rings. The van der Waals surface area contributed by atoms with Gasteiger partial charge < -0.3 is 5.32 Å². The highest BCUT2D eigenvalue weighted by Crippen LogP contribution is 2.28. The van der Waals surface area contributed by atoms with Gasteiger partial charge in [0, 0.05) is 31.2 Å². The van der Waals surface area contributed by atoms with E-state index in [1.165, 1.54) is 84.1 Å². The van der Waals surface area contributed by atoms with Crippen LogP contribution in [0.25, 0.3) is 0 Å². The van der Waals surface area contributed by atoms with E-state index in [9.17, 15) is 0 Å². The fraction of sp³-hybridized carbons (Fsp3) is 1.00. The van der Waals surface area contributed by atoms with Gasteiger partial charge in [-0.25, -0.2) is 0 Å². The van der Waals surface area contributed by atoms with Gasteiger partial charge in [0.2, 0.25) is 0 Å². The first-order valence-corrected chi connectivity index (χ1v) is 9.08. The van der Waals surface area contributed by atoms with Crippen LogP contribution in [0.5, 0.6) is 0 Å². The van der Waals surface area contributed by atoms with Crippen LogP contribution in [-0.2, 0) is 0 Å². The van der Waals surface area contributed by atoms with Gasteiger partial charge in [-0.3, -0.25) is 9.80 Å². The molecular weight excluding hydrogens is 246 g/mol. The number of likely N-dealkylation sites (tertiary alicyclic amines) is 2. The molecule has 0 aromatic carbocycles. The monoisotopic (exact) mass is 279 g/mol. The van der Waals surface area contributed by atoms with E-state index in [4.69, 9.17) is 0 Å². The molecule has 1 atom stereocenters. The van der Waals surface area contributed by atoms with E-state index in [1.54, 1.807) is 0 Å². The smallest absolute Gasteiger partial charge is 0.0235 e. The van der Waals surface area contributed by atoms with E-state index in [0.29, 0.717) is 0 Å². The van der Waals surface area contributed by atoms with E-state index in [1.807, 2.05) is 0 Å². The van der Waals surface area contributed by atoms with Crippen molar-refractivity contribution in [2.24, 2.45) is 0 Å². The average Bonchev–Trinajstić information content (AvgIpc) is 3.16. The van der Waals surface area contributed by atoms with Gasteiger partial charge in [0.25, 0.3) is 0 Å². The predicted molar refractivity (Wildman–Crippen MR) is 85.1 cm³/mol. The molecule has 1 saturated carbocycles. The van der Waals surface area contributed by atoms with Crippen LogP contribution in [0.3, 0.4) is 0 Å². The van der Waals surface area contributed by atoms with Crippen LogP contribution in [0, 0.1) is 0 Å². The molecule has 3 heteroatoms. The van der Waals surface area contributed by atoms with E-state index < -0.39 is 0 Å². The second-order valence-corrected chi connectivity index (χ2v) is 7.14. The summed E-state index contributed by atoms with van der Waals surface area (Å²) in [5.74, 6) is 0. The van der Waals surface area contributed by atoms with Crippen LogP contribution in [0.15, 0.2) is 0 Å². The second-order valence-electron chi connectivity index (χ2n) is 7.14. The summed E-state index contributed by atoms with van der Waals surface area (Å²) in [6.45, 7) is 8.92. The summed E-state index contributed by atoms with van der Waals surface area (Å²) in [6.07, 6.45) is 11.2. The normalized spacial score (nSPS) is 36.8. The second kappa shape index (κ2) is 7.24. The Morgan fingerprint density at radius 1 is 0.850 bits per heavy atom. The Morgan fingerprint density at radius 3 is 2.30 bits per heavy atom. The number of nitrogens with one attached hydrogen (secondary N) is 1. The summed E-state index contributed by atoms with van der Waals surface area (Å²) in [5, 5.41) is 3.71. The third kappa shape index (κ3) is 3.55. The molecule has 0 aromatic heterocycles. The van der Waals surface area contributed by atoms with Gasteiger partial charge >= 0.3 is 0 Å². The molecule has 20 heavy (non-hydrogen) atoms. The zero-order valence-electron chi connectivity index (χ0n) is 13.3. The number of nitrogens with zero attached hydrogens (tertiary/aromatic N) is 2. The summed E-state index contributed by atoms with van der Waals surface area (Å²) < 4.78 is 0. The molecule has 2 saturated heterocycles. The van der Waals surface area contributed by atoms with Crippen molar-refractivity contribution in [3.63, 3.8) is 0 Å². The van der Waals surface area contributed by atoms with Crippen LogP contribution in [0.1, 0.15) is 58.3 Å². The Kier molecular flexibility index (Phi) is 5.36. The molecule has 0 spiro atoms. The molecule has 3 nitrogen and oxygen atoms in total. The highest BCUT2D eigenvalue weighted by Gasteiger charge is 2.34. The van der Waals surface area contributed by atoms with Crippen molar-refractivity contribution in [1.82, 2.24) is 15.1 Å². The minimum Gasteiger partial charge on any atom is -0.314 e. The van der Waals surface area contributed by atoms with Gasteiger partial charge in [-0.2, -0.15) is 0 Å². The van der Waals surface area contributed by atoms with E-state index in [-0.39, 0.29) is 0 Å². The fourth-order valence-electron chi connectivity index (χ4n) is 4.50. The van der Waals surface area contributed by atoms with Crippen LogP contribution >= 0.6 is 0 Å². The summed E-state index contributed by atoms with van der Waals surface area (Å²) in [4.78, 5) is 5.58. The van der Waals surface area contributed by atoms with Gasteiger partial charge in [-0.15, -0.1) is 0 Å². The third-order valence-corrected chi connectivity index (χ3v) is 5.75. The van der Waals surface area contributed by atoms with Gasteiger partial charge in [-0.1, -0.05) is 6.92 Å². The molecule has 3 fully saturated rings. The standard InChI is InChI=1S/C17H33N3/c1-2-10-18-15-5-7-16(8-6-15)20-13-9-17(14-20)19-11-3-4-12-19/h15-18H,2-14H2,1H3. The topological polar surface area (TPSA) is 18.5 Å². The summed E-state index contributed by atoms with van der Waals surface area (Å²) in [5.41, 5.74) is 0. The Balaban J connectivity index is 1.40. The van der Waals surface area contributed by atoms with Crippen LogP contribution in [0.2, 0.25) is 0 Å². The zero-order chi connectivity index (χ0) is 13.8. The molecule has 1 unspecified atom stereocenters. The van der Waals surface area contributed by atoms with Gasteiger partial charge in [0.1, 0.15) is 0 Å². The Labute approximate surface area is 125 Å².